The predicted molar refractivity (Wildman–Crippen MR) is 260 cm³/mol. The first-order chi connectivity index (χ1) is 30.2. The van der Waals surface area contributed by atoms with Gasteiger partial charge in [-0.2, -0.15) is 11.4 Å². The van der Waals surface area contributed by atoms with Gasteiger partial charge in [-0.3, -0.25) is 14.4 Å². The number of aromatic nitrogens is 3. The summed E-state index contributed by atoms with van der Waals surface area (Å²) in [5, 5.41) is 6.83. The van der Waals surface area contributed by atoms with Gasteiger partial charge in [-0.15, -0.1) is 33.5 Å². The van der Waals surface area contributed by atoms with Crippen LogP contribution in [-0.4, -0.2) is 54.5 Å². The standard InChI is InChI=1S/C54H71N4O5.Mg/c1-12-38-34(7)41-28-43-36(9)40(24-25-47(59)63-27-26-33(6)22-18-16-14-15-17-21-32(5)23-19-20-31(3)4)51(57-43)49-50(54(61)62-11)53(60)48-37(10)44(58-52(48)49)30-46-39(13-2)35(8)42(56-46)29-45(38)55-41;/h12,26,28-32,36,40,50H,1,13-25,27H2,2-11H3,(H-,57,58,60);/q-3;+2/p-1/b33-26-,42-29-,43-28-,46-30-;/t32-,36-,40-,50+;/m0./s1. The van der Waals surface area contributed by atoms with E-state index in [1.807, 2.05) is 44.2 Å². The molecule has 0 spiro atoms. The second kappa shape index (κ2) is 22.8. The first kappa shape index (κ1) is 50.7. The molecule has 4 atom stereocenters. The number of unbranched alkanes of at least 4 members (excludes halogenated alkanes) is 4. The van der Waals surface area contributed by atoms with Crippen molar-refractivity contribution in [1.82, 2.24) is 15.0 Å². The summed E-state index contributed by atoms with van der Waals surface area (Å²) in [5.74, 6) is -1.40. The number of Topliss-reactive ketones (excluding diaryl/α,β-unsaturated/α-hetero) is 1. The van der Waals surface area contributed by atoms with Crippen molar-refractivity contribution in [3.63, 3.8) is 0 Å². The third kappa shape index (κ3) is 11.2. The van der Waals surface area contributed by atoms with Crippen LogP contribution in [0.15, 0.2) is 29.6 Å². The number of carbonyl (C=O) groups is 3. The number of ether oxygens (including phenoxy) is 2. The van der Waals surface area contributed by atoms with E-state index in [1.54, 1.807) is 0 Å². The summed E-state index contributed by atoms with van der Waals surface area (Å²) in [5.41, 5.74) is 10.7. The summed E-state index contributed by atoms with van der Waals surface area (Å²) in [6.45, 7) is 23.6. The van der Waals surface area contributed by atoms with Crippen molar-refractivity contribution in [3.8, 4) is 0 Å². The maximum Gasteiger partial charge on any atom is 2.00 e. The summed E-state index contributed by atoms with van der Waals surface area (Å²) in [6.07, 6.45) is 23.7. The maximum absolute atomic E-state index is 14.3. The molecule has 6 rings (SSSR count). The van der Waals surface area contributed by atoms with Gasteiger partial charge in [0.05, 0.1) is 7.11 Å². The van der Waals surface area contributed by atoms with Crippen LogP contribution in [0.2, 0.25) is 0 Å². The molecule has 1 fully saturated rings. The van der Waals surface area contributed by atoms with E-state index in [0.29, 0.717) is 40.2 Å². The number of hydrogen-bond acceptors (Lipinski definition) is 5. The molecule has 0 N–H and O–H groups in total. The number of hydrogen-bond donors (Lipinski definition) is 0. The summed E-state index contributed by atoms with van der Waals surface area (Å²) in [4.78, 5) is 56.5. The number of rotatable bonds is 20. The van der Waals surface area contributed by atoms with Gasteiger partial charge in [0.2, 0.25) is 0 Å². The van der Waals surface area contributed by atoms with E-state index >= 15 is 0 Å². The molecule has 0 unspecified atom stereocenters. The Kier molecular flexibility index (Phi) is 18.0. The molecule has 0 radical (unpaired) electrons. The molecule has 9 nitrogen and oxygen atoms in total. The normalized spacial score (nSPS) is 21.3. The van der Waals surface area contributed by atoms with E-state index in [-0.39, 0.29) is 59.7 Å². The van der Waals surface area contributed by atoms with Crippen LogP contribution in [-0.2, 0) is 25.5 Å². The average Bonchev–Trinajstić information content (AvgIpc) is 3.99. The number of allylic oxidation sites excluding steroid dienone is 3. The molecule has 3 aromatic heterocycles. The van der Waals surface area contributed by atoms with Crippen LogP contribution in [0.5, 0.6) is 0 Å². The molecule has 1 saturated heterocycles. The molecule has 64 heavy (non-hydrogen) atoms. The van der Waals surface area contributed by atoms with Crippen molar-refractivity contribution in [3.05, 3.63) is 102 Å². The van der Waals surface area contributed by atoms with Crippen LogP contribution in [0.3, 0.4) is 0 Å². The molecule has 1 aliphatic carbocycles. The van der Waals surface area contributed by atoms with Crippen LogP contribution >= 0.6 is 0 Å². The number of nitrogens with zero attached hydrogens (tertiary/aromatic N) is 4. The van der Waals surface area contributed by atoms with Crippen LogP contribution in [0, 0.1) is 50.4 Å². The fraction of sp³-hybridized carbons (Fsp3) is 0.537. The minimum Gasteiger partial charge on any atom is -0.664 e. The van der Waals surface area contributed by atoms with Gasteiger partial charge >= 0.3 is 35.0 Å². The molecule has 3 aliphatic rings. The maximum atomic E-state index is 14.3. The van der Waals surface area contributed by atoms with Gasteiger partial charge in [0.25, 0.3) is 0 Å². The molecule has 8 bridgehead atoms. The van der Waals surface area contributed by atoms with Crippen molar-refractivity contribution in [2.75, 3.05) is 13.7 Å². The zero-order chi connectivity index (χ0) is 45.5. The molecule has 5 heterocycles. The Hall–Kier alpha value is -4.28. The molecular weight excluding hydrogens is 809 g/mol. The van der Waals surface area contributed by atoms with Crippen molar-refractivity contribution in [2.24, 2.45) is 29.6 Å². The fourth-order valence-corrected chi connectivity index (χ4v) is 9.82. The molecule has 340 valence electrons. The average molecular weight is 879 g/mol. The van der Waals surface area contributed by atoms with Gasteiger partial charge in [-0.1, -0.05) is 150 Å². The molecule has 3 aromatic rings. The van der Waals surface area contributed by atoms with E-state index in [2.05, 4.69) is 55.0 Å². The third-order valence-corrected chi connectivity index (χ3v) is 13.8. The predicted octanol–water partition coefficient (Wildman–Crippen LogP) is 10.1. The number of ketones is 1. The topological polar surface area (TPSA) is 126 Å². The van der Waals surface area contributed by atoms with Gasteiger partial charge in [0.1, 0.15) is 12.5 Å². The monoisotopic (exact) mass is 879 g/mol. The smallest absolute Gasteiger partial charge is 0.664 e. The molecule has 0 amide bonds. The van der Waals surface area contributed by atoms with E-state index in [9.17, 15) is 14.4 Å². The van der Waals surface area contributed by atoms with E-state index < -0.39 is 11.9 Å². The summed E-state index contributed by atoms with van der Waals surface area (Å²) < 4.78 is 11.0. The third-order valence-electron chi connectivity index (χ3n) is 13.8. The molecule has 10 heteroatoms. The molecule has 0 saturated carbocycles. The van der Waals surface area contributed by atoms with Gasteiger partial charge in [-0.05, 0) is 88.7 Å². The Balaban J connectivity index is 0.00000771. The van der Waals surface area contributed by atoms with E-state index in [1.165, 1.54) is 64.0 Å². The zero-order valence-electron chi connectivity index (χ0n) is 40.4. The SMILES string of the molecule is C=Cc1c2[n-]c(c1C)/C=C1\[N-]/C(=C3\c4[n-]c(c(C)c4C(=O)[C@@H]3C(=O)OC)/C=c3\[n-]/c(c(C)c3CC)=C\2)[C@@H](CCC(=O)OC/C=C(/C)CCCCCCC[C@H](C)CCCC(C)C)[C@@H]1C.[Mg+2]. The van der Waals surface area contributed by atoms with Crippen LogP contribution in [0.1, 0.15) is 180 Å². The second-order valence-corrected chi connectivity index (χ2v) is 18.8. The number of carbonyl (C=O) groups excluding carboxylic acids is 3. The Labute approximate surface area is 398 Å². The van der Waals surface area contributed by atoms with Crippen LogP contribution < -0.4 is 25.7 Å². The Morgan fingerprint density at radius 1 is 0.844 bits per heavy atom. The van der Waals surface area contributed by atoms with Crippen LogP contribution in [0.25, 0.3) is 35.2 Å². The van der Waals surface area contributed by atoms with Crippen molar-refractivity contribution in [2.45, 2.75) is 146 Å². The van der Waals surface area contributed by atoms with E-state index in [0.717, 1.165) is 81.1 Å². The minimum atomic E-state index is -1.22. The molecular formula is C54H70MgN4O5-2. The summed E-state index contributed by atoms with van der Waals surface area (Å²) >= 11 is 0. The van der Waals surface area contributed by atoms with Crippen molar-refractivity contribution >= 4 is 70.7 Å². The van der Waals surface area contributed by atoms with Gasteiger partial charge in [0.15, 0.2) is 5.78 Å². The van der Waals surface area contributed by atoms with Crippen LogP contribution in [0.4, 0.5) is 0 Å². The summed E-state index contributed by atoms with van der Waals surface area (Å²) in [7, 11) is 1.30. The van der Waals surface area contributed by atoms with Gasteiger partial charge in [0, 0.05) is 12.0 Å². The number of methoxy groups -OCH3 is 1. The van der Waals surface area contributed by atoms with Gasteiger partial charge < -0.3 is 29.7 Å². The Morgan fingerprint density at radius 2 is 1.53 bits per heavy atom. The van der Waals surface area contributed by atoms with Crippen molar-refractivity contribution in [1.29, 1.82) is 0 Å². The van der Waals surface area contributed by atoms with Crippen molar-refractivity contribution < 1.29 is 23.9 Å². The molecule has 2 aliphatic heterocycles. The van der Waals surface area contributed by atoms with Gasteiger partial charge in [-0.25, -0.2) is 0 Å². The Bertz CT molecular complexity index is 2420. The first-order valence-electron chi connectivity index (χ1n) is 23.6. The molecule has 0 aromatic carbocycles. The van der Waals surface area contributed by atoms with E-state index in [4.69, 9.17) is 29.7 Å². The second-order valence-electron chi connectivity index (χ2n) is 18.8. The number of fused-ring (bicyclic) bond motifs is 7. The minimum absolute atomic E-state index is 0. The zero-order valence-corrected chi connectivity index (χ0v) is 41.8. The first-order valence-corrected chi connectivity index (χ1v) is 23.6. The fourth-order valence-electron chi connectivity index (χ4n) is 9.82. The largest absolute Gasteiger partial charge is 2.00 e. The quantitative estimate of drug-likeness (QED) is 0.0361. The summed E-state index contributed by atoms with van der Waals surface area (Å²) in [6, 6.07) is 0. The number of esters is 2. The Morgan fingerprint density at radius 3 is 2.23 bits per heavy atom.